The Kier molecular flexibility index (Phi) is 3.70. The number of carbonyl (C=O) groups is 2. The predicted octanol–water partition coefficient (Wildman–Crippen LogP) is 0.927. The van der Waals surface area contributed by atoms with Gasteiger partial charge in [0.15, 0.2) is 0 Å². The Labute approximate surface area is 130 Å². The van der Waals surface area contributed by atoms with Crippen LogP contribution < -0.4 is 10.6 Å². The van der Waals surface area contributed by atoms with Gasteiger partial charge in [0, 0.05) is 32.1 Å². The van der Waals surface area contributed by atoms with Crippen molar-refractivity contribution in [1.82, 2.24) is 20.2 Å². The summed E-state index contributed by atoms with van der Waals surface area (Å²) < 4.78 is 2.12. The van der Waals surface area contributed by atoms with E-state index in [-0.39, 0.29) is 23.8 Å². The van der Waals surface area contributed by atoms with Gasteiger partial charge in [0.1, 0.15) is 11.4 Å². The Hall–Kier alpha value is -1.85. The molecule has 1 aliphatic heterocycles. The molecule has 0 saturated heterocycles. The quantitative estimate of drug-likeness (QED) is 0.869. The Morgan fingerprint density at radius 2 is 2.09 bits per heavy atom. The van der Waals surface area contributed by atoms with Crippen molar-refractivity contribution in [3.63, 3.8) is 0 Å². The van der Waals surface area contributed by atoms with Crippen molar-refractivity contribution in [2.24, 2.45) is 5.92 Å². The number of amides is 2. The zero-order chi connectivity index (χ0) is 15.9. The number of nitrogens with one attached hydrogen (secondary N) is 2. The van der Waals surface area contributed by atoms with Crippen LogP contribution in [0.25, 0.3) is 0 Å². The van der Waals surface area contributed by atoms with E-state index in [0.717, 1.165) is 43.7 Å². The normalized spacial score (nSPS) is 23.3. The third-order valence-corrected chi connectivity index (χ3v) is 4.75. The Morgan fingerprint density at radius 1 is 1.36 bits per heavy atom. The molecule has 0 unspecified atom stereocenters. The average molecular weight is 304 g/mol. The molecule has 22 heavy (non-hydrogen) atoms. The van der Waals surface area contributed by atoms with Gasteiger partial charge in [-0.05, 0) is 39.0 Å². The molecule has 1 aromatic heterocycles. The van der Waals surface area contributed by atoms with Crippen molar-refractivity contribution in [3.05, 3.63) is 17.7 Å². The van der Waals surface area contributed by atoms with E-state index in [2.05, 4.69) is 20.2 Å². The van der Waals surface area contributed by atoms with Gasteiger partial charge in [0.25, 0.3) is 0 Å². The van der Waals surface area contributed by atoms with Gasteiger partial charge in [-0.2, -0.15) is 0 Å². The summed E-state index contributed by atoms with van der Waals surface area (Å²) in [5, 5.41) is 5.99. The Morgan fingerprint density at radius 3 is 2.73 bits per heavy atom. The lowest BCUT2D eigenvalue weighted by atomic mass is 9.93. The first kappa shape index (κ1) is 15.1. The molecule has 0 spiro atoms. The fourth-order valence-corrected chi connectivity index (χ4v) is 3.41. The van der Waals surface area contributed by atoms with Gasteiger partial charge in [-0.1, -0.05) is 0 Å². The molecule has 1 fully saturated rings. The molecule has 1 aliphatic carbocycles. The smallest absolute Gasteiger partial charge is 0.246 e. The first-order valence-electron chi connectivity index (χ1n) is 8.01. The molecule has 2 N–H and O–H groups in total. The number of fused-ring (bicyclic) bond motifs is 1. The topological polar surface area (TPSA) is 76.0 Å². The number of rotatable bonds is 4. The van der Waals surface area contributed by atoms with Crippen LogP contribution in [0.4, 0.5) is 0 Å². The van der Waals surface area contributed by atoms with Crippen molar-refractivity contribution in [2.45, 2.75) is 64.6 Å². The zero-order valence-electron chi connectivity index (χ0n) is 13.5. The van der Waals surface area contributed by atoms with Gasteiger partial charge < -0.3 is 15.2 Å². The summed E-state index contributed by atoms with van der Waals surface area (Å²) in [7, 11) is 0. The zero-order valence-corrected chi connectivity index (χ0v) is 13.5. The van der Waals surface area contributed by atoms with Crippen LogP contribution in [0.1, 0.15) is 44.6 Å². The summed E-state index contributed by atoms with van der Waals surface area (Å²) in [6, 6.07) is 0.0976. The van der Waals surface area contributed by atoms with Crippen LogP contribution in [0.3, 0.4) is 0 Å². The van der Waals surface area contributed by atoms with Crippen molar-refractivity contribution in [1.29, 1.82) is 0 Å². The lowest BCUT2D eigenvalue weighted by Crippen LogP contribution is -2.60. The maximum absolute atomic E-state index is 12.7. The fourth-order valence-electron chi connectivity index (χ4n) is 3.41. The summed E-state index contributed by atoms with van der Waals surface area (Å²) in [4.78, 5) is 28.7. The van der Waals surface area contributed by atoms with Gasteiger partial charge in [0.2, 0.25) is 11.8 Å². The summed E-state index contributed by atoms with van der Waals surface area (Å²) in [6.07, 6.45) is 5.79. The van der Waals surface area contributed by atoms with Crippen molar-refractivity contribution in [2.75, 3.05) is 0 Å². The van der Waals surface area contributed by atoms with E-state index in [1.807, 2.05) is 20.0 Å². The summed E-state index contributed by atoms with van der Waals surface area (Å²) in [5.41, 5.74) is 0.236. The van der Waals surface area contributed by atoms with Crippen LogP contribution >= 0.6 is 0 Å². The number of imidazole rings is 1. The summed E-state index contributed by atoms with van der Waals surface area (Å²) in [5.74, 6) is 1.14. The average Bonchev–Trinajstić information content (AvgIpc) is 3.20. The minimum Gasteiger partial charge on any atom is -0.350 e. The van der Waals surface area contributed by atoms with Crippen molar-refractivity contribution < 1.29 is 9.59 Å². The van der Waals surface area contributed by atoms with E-state index in [9.17, 15) is 9.59 Å². The highest BCUT2D eigenvalue weighted by Gasteiger charge is 2.48. The molecule has 3 rings (SSSR count). The molecule has 0 bridgehead atoms. The summed E-state index contributed by atoms with van der Waals surface area (Å²) >= 11 is 0. The number of aromatic nitrogens is 2. The van der Waals surface area contributed by atoms with Crippen LogP contribution in [0.2, 0.25) is 0 Å². The number of hydrogen-bond acceptors (Lipinski definition) is 3. The molecule has 2 amide bonds. The van der Waals surface area contributed by atoms with Crippen molar-refractivity contribution in [3.8, 4) is 0 Å². The second-order valence-corrected chi connectivity index (χ2v) is 6.82. The minimum atomic E-state index is -0.781. The highest BCUT2D eigenvalue weighted by molar-refractivity contribution is 5.91. The van der Waals surface area contributed by atoms with Gasteiger partial charge in [-0.25, -0.2) is 4.98 Å². The van der Waals surface area contributed by atoms with Gasteiger partial charge in [-0.3, -0.25) is 9.59 Å². The molecule has 2 atom stereocenters. The Bertz CT molecular complexity index is 605. The second-order valence-electron chi connectivity index (χ2n) is 6.82. The molecule has 2 aliphatic rings. The molecule has 6 heteroatoms. The maximum Gasteiger partial charge on any atom is 0.246 e. The number of hydrogen-bond donors (Lipinski definition) is 2. The highest BCUT2D eigenvalue weighted by Crippen LogP contribution is 2.39. The van der Waals surface area contributed by atoms with Gasteiger partial charge in [0.05, 0.1) is 5.69 Å². The SMILES string of the molecule is CC(=O)N[C@@](C)(C(=O)N[C@@H]1CCc2nc(C)cn2C1)C1CC1. The van der Waals surface area contributed by atoms with Gasteiger partial charge in [-0.15, -0.1) is 0 Å². The lowest BCUT2D eigenvalue weighted by molar-refractivity contribution is -0.133. The second kappa shape index (κ2) is 5.41. The molecular formula is C16H24N4O2. The minimum absolute atomic E-state index is 0.0597. The van der Waals surface area contributed by atoms with Gasteiger partial charge >= 0.3 is 0 Å². The predicted molar refractivity (Wildman–Crippen MR) is 82.2 cm³/mol. The van der Waals surface area contributed by atoms with E-state index in [0.29, 0.717) is 0 Å². The number of nitrogens with zero attached hydrogens (tertiary/aromatic N) is 2. The third-order valence-electron chi connectivity index (χ3n) is 4.75. The monoisotopic (exact) mass is 304 g/mol. The standard InChI is InChI=1S/C16H24N4O2/c1-10-8-20-9-13(6-7-14(20)17-10)18-15(22)16(3,12-4-5-12)19-11(2)21/h8,12-13H,4-7,9H2,1-3H3,(H,18,22)(H,19,21)/t13-,16-/m1/s1. The Balaban J connectivity index is 1.67. The first-order chi connectivity index (χ1) is 10.4. The lowest BCUT2D eigenvalue weighted by Gasteiger charge is -2.33. The van der Waals surface area contributed by atoms with E-state index >= 15 is 0 Å². The van der Waals surface area contributed by atoms with E-state index in [1.54, 1.807) is 0 Å². The van der Waals surface area contributed by atoms with Crippen LogP contribution in [-0.4, -0.2) is 32.9 Å². The largest absolute Gasteiger partial charge is 0.350 e. The van der Waals surface area contributed by atoms with E-state index in [1.165, 1.54) is 6.92 Å². The molecule has 1 aromatic rings. The fraction of sp³-hybridized carbons (Fsp3) is 0.688. The first-order valence-corrected chi connectivity index (χ1v) is 8.01. The number of carbonyl (C=O) groups excluding carboxylic acids is 2. The molecule has 6 nitrogen and oxygen atoms in total. The van der Waals surface area contributed by atoms with E-state index in [4.69, 9.17) is 0 Å². The molecular weight excluding hydrogens is 280 g/mol. The molecule has 2 heterocycles. The van der Waals surface area contributed by atoms with Crippen LogP contribution in [0.5, 0.6) is 0 Å². The van der Waals surface area contributed by atoms with Crippen LogP contribution in [-0.2, 0) is 22.6 Å². The molecule has 0 radical (unpaired) electrons. The maximum atomic E-state index is 12.7. The molecule has 120 valence electrons. The van der Waals surface area contributed by atoms with Crippen LogP contribution in [0, 0.1) is 12.8 Å². The van der Waals surface area contributed by atoms with Crippen LogP contribution in [0.15, 0.2) is 6.20 Å². The molecule has 1 saturated carbocycles. The molecule has 0 aromatic carbocycles. The highest BCUT2D eigenvalue weighted by atomic mass is 16.2. The number of aryl methyl sites for hydroxylation is 2. The van der Waals surface area contributed by atoms with Crippen molar-refractivity contribution >= 4 is 11.8 Å². The summed E-state index contributed by atoms with van der Waals surface area (Å²) in [6.45, 7) is 6.05. The van der Waals surface area contributed by atoms with E-state index < -0.39 is 5.54 Å². The third kappa shape index (κ3) is 2.87.